The molecule has 0 saturated carbocycles. The summed E-state index contributed by atoms with van der Waals surface area (Å²) in [5, 5.41) is 13.7. The minimum Gasteiger partial charge on any atom is -0.355 e. The van der Waals surface area contributed by atoms with Crippen molar-refractivity contribution in [2.75, 3.05) is 50.7 Å². The van der Waals surface area contributed by atoms with Crippen molar-refractivity contribution in [3.05, 3.63) is 18.0 Å². The van der Waals surface area contributed by atoms with Crippen LogP contribution in [0.3, 0.4) is 0 Å². The molecule has 0 N–H and O–H groups in total. The maximum Gasteiger partial charge on any atom is 0.219 e. The molecular formula is C21H31N7O. The van der Waals surface area contributed by atoms with Gasteiger partial charge in [-0.1, -0.05) is 0 Å². The Kier molecular flexibility index (Phi) is 5.11. The van der Waals surface area contributed by atoms with Gasteiger partial charge >= 0.3 is 0 Å². The van der Waals surface area contributed by atoms with Crippen molar-refractivity contribution >= 4 is 17.4 Å². The van der Waals surface area contributed by atoms with Crippen LogP contribution in [-0.2, 0) is 4.79 Å². The number of aromatic nitrogens is 4. The molecule has 1 amide bonds. The highest BCUT2D eigenvalue weighted by Crippen LogP contribution is 2.29. The summed E-state index contributed by atoms with van der Waals surface area (Å²) in [6, 6.07) is 4.10. The molecule has 3 aliphatic heterocycles. The lowest BCUT2D eigenvalue weighted by Crippen LogP contribution is -2.44. The van der Waals surface area contributed by atoms with E-state index in [2.05, 4.69) is 26.1 Å². The zero-order valence-corrected chi connectivity index (χ0v) is 17.3. The first kappa shape index (κ1) is 18.8. The van der Waals surface area contributed by atoms with E-state index in [0.717, 1.165) is 82.4 Å². The van der Waals surface area contributed by atoms with Gasteiger partial charge in [0.25, 0.3) is 0 Å². The molecule has 3 saturated heterocycles. The fourth-order valence-electron chi connectivity index (χ4n) is 5.00. The number of anilines is 1. The number of hydrogen-bond donors (Lipinski definition) is 0. The molecule has 0 bridgehead atoms. The zero-order chi connectivity index (χ0) is 19.8. The molecule has 1 atom stereocenters. The number of hydrogen-bond acceptors (Lipinski definition) is 6. The molecule has 5 heterocycles. The Morgan fingerprint density at radius 3 is 2.59 bits per heavy atom. The predicted octanol–water partition coefficient (Wildman–Crippen LogP) is 1.77. The second-order valence-electron chi connectivity index (χ2n) is 8.91. The van der Waals surface area contributed by atoms with Crippen molar-refractivity contribution < 1.29 is 4.79 Å². The molecule has 0 aliphatic carbocycles. The van der Waals surface area contributed by atoms with Gasteiger partial charge in [0.05, 0.1) is 0 Å². The molecule has 156 valence electrons. The van der Waals surface area contributed by atoms with Gasteiger partial charge in [-0.2, -0.15) is 4.52 Å². The second-order valence-corrected chi connectivity index (χ2v) is 8.91. The van der Waals surface area contributed by atoms with Gasteiger partial charge in [-0.25, -0.2) is 0 Å². The van der Waals surface area contributed by atoms with Crippen molar-refractivity contribution in [3.8, 4) is 0 Å². The third kappa shape index (κ3) is 3.82. The number of carbonyl (C=O) groups excluding carboxylic acids is 1. The van der Waals surface area contributed by atoms with Crippen molar-refractivity contribution in [1.82, 2.24) is 29.6 Å². The first-order valence-corrected chi connectivity index (χ1v) is 11.1. The van der Waals surface area contributed by atoms with Gasteiger partial charge in [0.2, 0.25) is 5.91 Å². The van der Waals surface area contributed by atoms with Crippen LogP contribution >= 0.6 is 0 Å². The van der Waals surface area contributed by atoms with E-state index in [1.807, 2.05) is 15.5 Å². The fraction of sp³-hybridized carbons (Fsp3) is 0.714. The number of nitrogens with zero attached hydrogens (tertiary/aromatic N) is 7. The average Bonchev–Trinajstić information content (AvgIpc) is 3.11. The van der Waals surface area contributed by atoms with Crippen molar-refractivity contribution in [3.63, 3.8) is 0 Å². The molecule has 3 aliphatic rings. The van der Waals surface area contributed by atoms with E-state index in [1.165, 1.54) is 12.8 Å². The number of carbonyl (C=O) groups is 1. The Bertz CT molecular complexity index is 869. The van der Waals surface area contributed by atoms with Crippen LogP contribution in [0.1, 0.15) is 50.8 Å². The summed E-state index contributed by atoms with van der Waals surface area (Å²) in [6.45, 7) is 9.01. The van der Waals surface area contributed by atoms with Gasteiger partial charge in [-0.05, 0) is 63.2 Å². The Labute approximate surface area is 171 Å². The van der Waals surface area contributed by atoms with Crippen molar-refractivity contribution in [1.29, 1.82) is 0 Å². The SMILES string of the molecule is CC(=O)N1CCCC(CN2CCC(c3nnc4ccc(N5CCC5)nn34)CC2)C1. The van der Waals surface area contributed by atoms with E-state index >= 15 is 0 Å². The van der Waals surface area contributed by atoms with Gasteiger partial charge in [0, 0.05) is 45.6 Å². The molecular weight excluding hydrogens is 366 g/mol. The molecule has 8 heteroatoms. The highest BCUT2D eigenvalue weighted by Gasteiger charge is 2.29. The largest absolute Gasteiger partial charge is 0.355 e. The smallest absolute Gasteiger partial charge is 0.219 e. The maximum atomic E-state index is 11.7. The molecule has 8 nitrogen and oxygen atoms in total. The van der Waals surface area contributed by atoms with Crippen LogP contribution in [0.4, 0.5) is 5.82 Å². The maximum absolute atomic E-state index is 11.7. The highest BCUT2D eigenvalue weighted by atomic mass is 16.2. The third-order valence-electron chi connectivity index (χ3n) is 6.89. The number of fused-ring (bicyclic) bond motifs is 1. The van der Waals surface area contributed by atoms with E-state index in [1.54, 1.807) is 6.92 Å². The van der Waals surface area contributed by atoms with Gasteiger partial charge in [-0.3, -0.25) is 4.79 Å². The first-order valence-electron chi connectivity index (χ1n) is 11.1. The summed E-state index contributed by atoms with van der Waals surface area (Å²) in [5.74, 6) is 3.30. The van der Waals surface area contributed by atoms with Crippen LogP contribution < -0.4 is 4.90 Å². The molecule has 0 aromatic carbocycles. The molecule has 2 aromatic heterocycles. The Balaban J connectivity index is 1.21. The quantitative estimate of drug-likeness (QED) is 0.783. The zero-order valence-electron chi connectivity index (χ0n) is 17.3. The van der Waals surface area contributed by atoms with E-state index in [0.29, 0.717) is 11.8 Å². The van der Waals surface area contributed by atoms with Gasteiger partial charge in [-0.15, -0.1) is 15.3 Å². The molecule has 3 fully saturated rings. The van der Waals surface area contributed by atoms with E-state index in [4.69, 9.17) is 5.10 Å². The van der Waals surface area contributed by atoms with Gasteiger partial charge in [0.15, 0.2) is 11.5 Å². The summed E-state index contributed by atoms with van der Waals surface area (Å²) >= 11 is 0. The van der Waals surface area contributed by atoms with E-state index in [-0.39, 0.29) is 5.91 Å². The molecule has 29 heavy (non-hydrogen) atoms. The normalized spacial score (nSPS) is 24.1. The van der Waals surface area contributed by atoms with E-state index < -0.39 is 0 Å². The van der Waals surface area contributed by atoms with Gasteiger partial charge in [0.1, 0.15) is 5.82 Å². The van der Waals surface area contributed by atoms with Gasteiger partial charge < -0.3 is 14.7 Å². The third-order valence-corrected chi connectivity index (χ3v) is 6.89. The number of amides is 1. The van der Waals surface area contributed by atoms with Crippen LogP contribution in [0.15, 0.2) is 12.1 Å². The standard InChI is InChI=1S/C21H31N7O/c1-16(29)27-9-2-4-17(15-27)14-25-12-7-18(8-13-25)21-23-22-19-5-6-20(24-28(19)21)26-10-3-11-26/h5-6,17-18H,2-4,7-15H2,1H3. The molecule has 2 aromatic rings. The molecule has 0 radical (unpaired) electrons. The lowest BCUT2D eigenvalue weighted by atomic mass is 9.93. The Hall–Kier alpha value is -2.22. The molecule has 5 rings (SSSR count). The molecule has 1 unspecified atom stereocenters. The number of rotatable bonds is 4. The van der Waals surface area contributed by atoms with Crippen LogP contribution in [-0.4, -0.2) is 81.3 Å². The Morgan fingerprint density at radius 1 is 1.03 bits per heavy atom. The topological polar surface area (TPSA) is 69.9 Å². The first-order chi connectivity index (χ1) is 14.2. The fourth-order valence-corrected chi connectivity index (χ4v) is 5.00. The van der Waals surface area contributed by atoms with E-state index in [9.17, 15) is 4.79 Å². The molecule has 0 spiro atoms. The highest BCUT2D eigenvalue weighted by molar-refractivity contribution is 5.73. The lowest BCUT2D eigenvalue weighted by molar-refractivity contribution is -0.130. The van der Waals surface area contributed by atoms with Crippen molar-refractivity contribution in [2.45, 2.75) is 44.9 Å². The van der Waals surface area contributed by atoms with Crippen LogP contribution in [0.25, 0.3) is 5.65 Å². The summed E-state index contributed by atoms with van der Waals surface area (Å²) in [5.41, 5.74) is 0.846. The minimum atomic E-state index is 0.220. The number of likely N-dealkylation sites (tertiary alicyclic amines) is 2. The van der Waals surface area contributed by atoms with Crippen molar-refractivity contribution in [2.24, 2.45) is 5.92 Å². The lowest BCUT2D eigenvalue weighted by Gasteiger charge is -2.37. The average molecular weight is 398 g/mol. The van der Waals surface area contributed by atoms with Crippen LogP contribution in [0, 0.1) is 5.92 Å². The van der Waals surface area contributed by atoms with Crippen LogP contribution in [0.5, 0.6) is 0 Å². The minimum absolute atomic E-state index is 0.220. The Morgan fingerprint density at radius 2 is 1.86 bits per heavy atom. The predicted molar refractivity (Wildman–Crippen MR) is 111 cm³/mol. The summed E-state index contributed by atoms with van der Waals surface area (Å²) < 4.78 is 1.97. The monoisotopic (exact) mass is 397 g/mol. The summed E-state index contributed by atoms with van der Waals surface area (Å²) in [4.78, 5) is 18.6. The summed E-state index contributed by atoms with van der Waals surface area (Å²) in [7, 11) is 0. The number of piperidine rings is 2. The van der Waals surface area contributed by atoms with Crippen LogP contribution in [0.2, 0.25) is 0 Å². The second kappa shape index (κ2) is 7.89. The summed E-state index contributed by atoms with van der Waals surface area (Å²) in [6.07, 6.45) is 5.82.